The Morgan fingerprint density at radius 2 is 1.79 bits per heavy atom. The molecule has 4 nitrogen and oxygen atoms in total. The van der Waals surface area contributed by atoms with Crippen molar-refractivity contribution in [1.82, 2.24) is 5.32 Å². The lowest BCUT2D eigenvalue weighted by atomic mass is 9.95. The maximum absolute atomic E-state index is 13.6. The number of rotatable bonds is 1. The van der Waals surface area contributed by atoms with Gasteiger partial charge in [0.1, 0.15) is 23.4 Å². The third kappa shape index (κ3) is 2.48. The molecule has 0 fully saturated rings. The topological polar surface area (TPSA) is 58.5 Å². The predicted molar refractivity (Wildman–Crippen MR) is 63.2 cm³/mol. The fourth-order valence-electron chi connectivity index (χ4n) is 1.66. The third-order valence-electron chi connectivity index (χ3n) is 2.48. The van der Waals surface area contributed by atoms with Gasteiger partial charge in [-0.15, -0.1) is 0 Å². The van der Waals surface area contributed by atoms with Crippen LogP contribution in [0.4, 0.5) is 13.2 Å². The first-order valence-electron chi connectivity index (χ1n) is 5.06. The zero-order valence-corrected chi connectivity index (χ0v) is 10.4. The average Bonchev–Trinajstić information content (AvgIpc) is 2.31. The van der Waals surface area contributed by atoms with Crippen LogP contribution in [0.3, 0.4) is 0 Å². The number of aliphatic imine (C=N–C) groups is 1. The summed E-state index contributed by atoms with van der Waals surface area (Å²) in [7, 11) is 0. The first-order valence-corrected chi connectivity index (χ1v) is 6.28. The summed E-state index contributed by atoms with van der Waals surface area (Å²) in [6.45, 7) is 0. The Morgan fingerprint density at radius 3 is 2.26 bits per heavy atom. The largest absolute Gasteiger partial charge is 0.304 e. The molecule has 1 unspecified atom stereocenters. The van der Waals surface area contributed by atoms with Crippen molar-refractivity contribution in [3.63, 3.8) is 0 Å². The number of thioether (sulfide) groups is 1. The molecule has 1 atom stereocenters. The van der Waals surface area contributed by atoms with Gasteiger partial charge >= 0.3 is 0 Å². The van der Waals surface area contributed by atoms with Gasteiger partial charge in [-0.1, -0.05) is 11.8 Å². The molecule has 19 heavy (non-hydrogen) atoms. The van der Waals surface area contributed by atoms with Gasteiger partial charge in [0, 0.05) is 17.7 Å². The third-order valence-corrected chi connectivity index (χ3v) is 3.06. The van der Waals surface area contributed by atoms with Crippen molar-refractivity contribution < 1.29 is 22.8 Å². The first-order chi connectivity index (χ1) is 8.93. The van der Waals surface area contributed by atoms with E-state index in [4.69, 9.17) is 0 Å². The van der Waals surface area contributed by atoms with Gasteiger partial charge in [0.25, 0.3) is 5.91 Å². The highest BCUT2D eigenvalue weighted by Crippen LogP contribution is 2.27. The molecule has 1 aromatic rings. The molecule has 1 N–H and O–H groups in total. The van der Waals surface area contributed by atoms with E-state index in [0.29, 0.717) is 12.1 Å². The molecular formula is C11H7F3N2O2S. The predicted octanol–water partition coefficient (Wildman–Crippen LogP) is 1.56. The first kappa shape index (κ1) is 13.6. The van der Waals surface area contributed by atoms with E-state index < -0.39 is 40.7 Å². The molecule has 0 aromatic heterocycles. The lowest BCUT2D eigenvalue weighted by molar-refractivity contribution is -0.129. The smallest absolute Gasteiger partial charge is 0.265 e. The molecule has 1 heterocycles. The van der Waals surface area contributed by atoms with E-state index in [9.17, 15) is 22.8 Å². The van der Waals surface area contributed by atoms with Gasteiger partial charge in [-0.2, -0.15) is 4.99 Å². The van der Waals surface area contributed by atoms with Crippen LogP contribution in [0.2, 0.25) is 0 Å². The Balaban J connectivity index is 2.51. The summed E-state index contributed by atoms with van der Waals surface area (Å²) in [5.74, 6) is -7.35. The zero-order valence-electron chi connectivity index (χ0n) is 9.54. The molecule has 2 amide bonds. The molecule has 0 spiro atoms. The highest BCUT2D eigenvalue weighted by Gasteiger charge is 2.37. The lowest BCUT2D eigenvalue weighted by Crippen LogP contribution is -2.41. The molecule has 0 radical (unpaired) electrons. The highest BCUT2D eigenvalue weighted by atomic mass is 32.2. The Hall–Kier alpha value is -1.83. The van der Waals surface area contributed by atoms with E-state index in [0.717, 1.165) is 11.8 Å². The number of hydrogen-bond donors (Lipinski definition) is 1. The number of carbonyl (C=O) groups excluding carboxylic acids is 2. The molecular weight excluding hydrogens is 281 g/mol. The Morgan fingerprint density at radius 1 is 1.21 bits per heavy atom. The van der Waals surface area contributed by atoms with Gasteiger partial charge in [-0.25, -0.2) is 13.2 Å². The zero-order chi connectivity index (χ0) is 14.2. The van der Waals surface area contributed by atoms with E-state index in [1.807, 2.05) is 0 Å². The van der Waals surface area contributed by atoms with Crippen LogP contribution < -0.4 is 5.32 Å². The van der Waals surface area contributed by atoms with Crippen molar-refractivity contribution in [1.29, 1.82) is 0 Å². The van der Waals surface area contributed by atoms with Gasteiger partial charge in [0.15, 0.2) is 5.17 Å². The van der Waals surface area contributed by atoms with Crippen molar-refractivity contribution in [2.45, 2.75) is 5.92 Å². The summed E-state index contributed by atoms with van der Waals surface area (Å²) in [5.41, 5.74) is -0.798. The quantitative estimate of drug-likeness (QED) is 0.798. The van der Waals surface area contributed by atoms with Gasteiger partial charge in [-0.3, -0.25) is 9.59 Å². The standard InChI is InChI=1S/C11H7F3N2O2S/c1-19-11-15-9(17)8(10(18)16-11)7-5(13)2-4(12)3-6(7)14/h2-3,8H,1H3,(H,15,16,17,18). The minimum atomic E-state index is -1.74. The fourth-order valence-corrected chi connectivity index (χ4v) is 2.05. The molecule has 0 saturated heterocycles. The number of amidine groups is 1. The second kappa shape index (κ2) is 5.04. The molecule has 100 valence electrons. The monoisotopic (exact) mass is 288 g/mol. The van der Waals surface area contributed by atoms with E-state index in [1.165, 1.54) is 0 Å². The fraction of sp³-hybridized carbons (Fsp3) is 0.182. The molecule has 0 bridgehead atoms. The molecule has 0 saturated carbocycles. The molecule has 1 aromatic carbocycles. The second-order valence-corrected chi connectivity index (χ2v) is 4.46. The normalized spacial score (nSPS) is 19.2. The molecule has 8 heteroatoms. The SMILES string of the molecule is CSC1=NC(=O)C(c2c(F)cc(F)cc2F)C(=O)N1. The number of halogens is 3. The van der Waals surface area contributed by atoms with Crippen molar-refractivity contribution in [2.75, 3.05) is 6.26 Å². The number of hydrogen-bond acceptors (Lipinski definition) is 3. The van der Waals surface area contributed by atoms with Crippen LogP contribution in [0, 0.1) is 17.5 Å². The van der Waals surface area contributed by atoms with Crippen molar-refractivity contribution in [2.24, 2.45) is 4.99 Å². The number of nitrogens with one attached hydrogen (secondary N) is 1. The average molecular weight is 288 g/mol. The summed E-state index contributed by atoms with van der Waals surface area (Å²) in [5, 5.41) is 2.29. The molecule has 2 rings (SSSR count). The maximum Gasteiger partial charge on any atom is 0.265 e. The van der Waals surface area contributed by atoms with Crippen LogP contribution >= 0.6 is 11.8 Å². The van der Waals surface area contributed by atoms with E-state index in [2.05, 4.69) is 10.3 Å². The number of nitrogens with zero attached hydrogens (tertiary/aromatic N) is 1. The van der Waals surface area contributed by atoms with Gasteiger partial charge in [0.05, 0.1) is 0 Å². The van der Waals surface area contributed by atoms with Crippen molar-refractivity contribution in [3.05, 3.63) is 35.1 Å². The number of benzene rings is 1. The summed E-state index contributed by atoms with van der Waals surface area (Å²) in [4.78, 5) is 26.9. The molecule has 1 aliphatic rings. The summed E-state index contributed by atoms with van der Waals surface area (Å²) >= 11 is 1.01. The number of amides is 2. The summed E-state index contributed by atoms with van der Waals surface area (Å²) in [6.07, 6.45) is 1.58. The minimum Gasteiger partial charge on any atom is -0.304 e. The van der Waals surface area contributed by atoms with Crippen LogP contribution in [-0.2, 0) is 9.59 Å². The maximum atomic E-state index is 13.6. The highest BCUT2D eigenvalue weighted by molar-refractivity contribution is 8.13. The Labute approximate surface area is 110 Å². The Kier molecular flexibility index (Phi) is 3.61. The molecule has 1 aliphatic heterocycles. The van der Waals surface area contributed by atoms with Gasteiger partial charge in [-0.05, 0) is 6.26 Å². The van der Waals surface area contributed by atoms with Crippen LogP contribution in [-0.4, -0.2) is 23.2 Å². The van der Waals surface area contributed by atoms with E-state index >= 15 is 0 Å². The summed E-state index contributed by atoms with van der Waals surface area (Å²) < 4.78 is 39.9. The Bertz CT molecular complexity index is 581. The van der Waals surface area contributed by atoms with Crippen molar-refractivity contribution >= 4 is 28.7 Å². The van der Waals surface area contributed by atoms with Crippen LogP contribution in [0.15, 0.2) is 17.1 Å². The summed E-state index contributed by atoms with van der Waals surface area (Å²) in [6, 6.07) is 0.819. The van der Waals surface area contributed by atoms with E-state index in [1.54, 1.807) is 6.26 Å². The van der Waals surface area contributed by atoms with Crippen LogP contribution in [0.25, 0.3) is 0 Å². The van der Waals surface area contributed by atoms with Crippen LogP contribution in [0.1, 0.15) is 11.5 Å². The van der Waals surface area contributed by atoms with Crippen molar-refractivity contribution in [3.8, 4) is 0 Å². The van der Waals surface area contributed by atoms with Crippen LogP contribution in [0.5, 0.6) is 0 Å². The van der Waals surface area contributed by atoms with Gasteiger partial charge < -0.3 is 5.32 Å². The number of carbonyl (C=O) groups is 2. The lowest BCUT2D eigenvalue weighted by Gasteiger charge is -2.20. The minimum absolute atomic E-state index is 0.0502. The second-order valence-electron chi connectivity index (χ2n) is 3.66. The van der Waals surface area contributed by atoms with Gasteiger partial charge in [0.2, 0.25) is 5.91 Å². The molecule has 0 aliphatic carbocycles. The van der Waals surface area contributed by atoms with E-state index in [-0.39, 0.29) is 5.17 Å².